The molecule has 1 aliphatic rings. The van der Waals surface area contributed by atoms with Gasteiger partial charge in [0.2, 0.25) is 0 Å². The van der Waals surface area contributed by atoms with Crippen molar-refractivity contribution in [2.45, 2.75) is 25.8 Å². The lowest BCUT2D eigenvalue weighted by molar-refractivity contribution is -0.151. The Labute approximate surface area is 101 Å². The molecule has 1 saturated heterocycles. The lowest BCUT2D eigenvalue weighted by Gasteiger charge is -2.32. The molecule has 17 heavy (non-hydrogen) atoms. The quantitative estimate of drug-likeness (QED) is 0.494. The van der Waals surface area contributed by atoms with Gasteiger partial charge in [-0.1, -0.05) is 0 Å². The van der Waals surface area contributed by atoms with Crippen LogP contribution in [0.2, 0.25) is 0 Å². The fourth-order valence-electron chi connectivity index (χ4n) is 1.94. The number of esters is 1. The average molecular weight is 244 g/mol. The number of nitrogens with two attached hydrogens (primary N) is 1. The molecule has 0 bridgehead atoms. The van der Waals surface area contributed by atoms with E-state index in [9.17, 15) is 9.59 Å². The molecule has 1 rings (SSSR count). The molecule has 1 aliphatic heterocycles. The van der Waals surface area contributed by atoms with Gasteiger partial charge in [-0.15, -0.1) is 0 Å². The number of carbonyl (C=O) groups is 2. The van der Waals surface area contributed by atoms with Gasteiger partial charge in [0.15, 0.2) is 6.04 Å². The second kappa shape index (κ2) is 6.56. The van der Waals surface area contributed by atoms with E-state index in [2.05, 4.69) is 0 Å². The molecule has 1 fully saturated rings. The van der Waals surface area contributed by atoms with Crippen molar-refractivity contribution in [2.24, 2.45) is 11.7 Å². The van der Waals surface area contributed by atoms with Gasteiger partial charge in [0.05, 0.1) is 6.61 Å². The van der Waals surface area contributed by atoms with E-state index >= 15 is 0 Å². The van der Waals surface area contributed by atoms with E-state index in [-0.39, 0.29) is 19.1 Å². The molecule has 1 amide bonds. The second-order valence-corrected chi connectivity index (χ2v) is 4.20. The molecular formula is C11H20N2O4. The van der Waals surface area contributed by atoms with Crippen LogP contribution in [0, 0.1) is 5.92 Å². The number of rotatable bonds is 4. The summed E-state index contributed by atoms with van der Waals surface area (Å²) in [5.41, 5.74) is 5.54. The standard InChI is InChI=1S/C11H20N2O4/c1-2-17-11(16)9(12)10(15)13-5-3-4-8(6-13)7-14/h8-9,14H,2-7,12H2,1H3. The van der Waals surface area contributed by atoms with Crippen LogP contribution in [-0.4, -0.2) is 54.2 Å². The van der Waals surface area contributed by atoms with Gasteiger partial charge in [0, 0.05) is 19.7 Å². The Hall–Kier alpha value is -1.14. The van der Waals surface area contributed by atoms with Crippen molar-refractivity contribution in [2.75, 3.05) is 26.3 Å². The minimum atomic E-state index is -1.24. The van der Waals surface area contributed by atoms with E-state index in [0.29, 0.717) is 13.1 Å². The molecule has 3 N–H and O–H groups in total. The van der Waals surface area contributed by atoms with Gasteiger partial charge in [-0.05, 0) is 25.7 Å². The zero-order valence-corrected chi connectivity index (χ0v) is 10.1. The number of hydrogen-bond acceptors (Lipinski definition) is 5. The van der Waals surface area contributed by atoms with Gasteiger partial charge in [-0.25, -0.2) is 4.79 Å². The molecule has 0 aliphatic carbocycles. The average Bonchev–Trinajstić information content (AvgIpc) is 2.37. The van der Waals surface area contributed by atoms with Crippen molar-refractivity contribution >= 4 is 11.9 Å². The highest BCUT2D eigenvalue weighted by molar-refractivity contribution is 6.01. The van der Waals surface area contributed by atoms with Gasteiger partial charge < -0.3 is 20.5 Å². The fraction of sp³-hybridized carbons (Fsp3) is 0.818. The van der Waals surface area contributed by atoms with Crippen LogP contribution in [0.3, 0.4) is 0 Å². The SMILES string of the molecule is CCOC(=O)C(N)C(=O)N1CCCC(CO)C1. The first-order valence-electron chi connectivity index (χ1n) is 5.92. The molecule has 6 heteroatoms. The zero-order valence-electron chi connectivity index (χ0n) is 10.1. The van der Waals surface area contributed by atoms with Gasteiger partial charge in [0.1, 0.15) is 0 Å². The Bertz CT molecular complexity index is 283. The van der Waals surface area contributed by atoms with Crippen LogP contribution in [0.15, 0.2) is 0 Å². The number of amides is 1. The monoisotopic (exact) mass is 244 g/mol. The molecule has 98 valence electrons. The Balaban J connectivity index is 2.53. The summed E-state index contributed by atoms with van der Waals surface area (Å²) < 4.78 is 4.71. The summed E-state index contributed by atoms with van der Waals surface area (Å²) in [5.74, 6) is -1.02. The summed E-state index contributed by atoms with van der Waals surface area (Å²) in [6.45, 7) is 2.97. The van der Waals surface area contributed by atoms with Gasteiger partial charge >= 0.3 is 5.97 Å². The van der Waals surface area contributed by atoms with Gasteiger partial charge in [-0.2, -0.15) is 0 Å². The summed E-state index contributed by atoms with van der Waals surface area (Å²) in [7, 11) is 0. The number of likely N-dealkylation sites (tertiary alicyclic amines) is 1. The van der Waals surface area contributed by atoms with E-state index in [1.54, 1.807) is 6.92 Å². The Kier molecular flexibility index (Phi) is 5.37. The van der Waals surface area contributed by atoms with Crippen molar-refractivity contribution in [1.82, 2.24) is 4.90 Å². The minimum absolute atomic E-state index is 0.0540. The van der Waals surface area contributed by atoms with Crippen LogP contribution in [0.4, 0.5) is 0 Å². The normalized spacial score (nSPS) is 22.1. The maximum Gasteiger partial charge on any atom is 0.332 e. The van der Waals surface area contributed by atoms with Crippen molar-refractivity contribution in [3.63, 3.8) is 0 Å². The molecule has 0 radical (unpaired) electrons. The maximum absolute atomic E-state index is 11.9. The highest BCUT2D eigenvalue weighted by Crippen LogP contribution is 2.16. The van der Waals surface area contributed by atoms with E-state index in [4.69, 9.17) is 15.6 Å². The largest absolute Gasteiger partial charge is 0.464 e. The van der Waals surface area contributed by atoms with E-state index in [0.717, 1.165) is 12.8 Å². The molecule has 0 spiro atoms. The Morgan fingerprint density at radius 1 is 1.59 bits per heavy atom. The molecule has 6 nitrogen and oxygen atoms in total. The van der Waals surface area contributed by atoms with Crippen molar-refractivity contribution in [3.8, 4) is 0 Å². The lowest BCUT2D eigenvalue weighted by atomic mass is 9.98. The zero-order chi connectivity index (χ0) is 12.8. The highest BCUT2D eigenvalue weighted by atomic mass is 16.5. The van der Waals surface area contributed by atoms with E-state index in [1.165, 1.54) is 4.90 Å². The summed E-state index contributed by atoms with van der Waals surface area (Å²) in [5, 5.41) is 9.06. The highest BCUT2D eigenvalue weighted by Gasteiger charge is 2.31. The first-order valence-corrected chi connectivity index (χ1v) is 5.92. The summed E-state index contributed by atoms with van der Waals surface area (Å²) in [6.07, 6.45) is 1.72. The van der Waals surface area contributed by atoms with Crippen LogP contribution >= 0.6 is 0 Å². The van der Waals surface area contributed by atoms with Crippen molar-refractivity contribution < 1.29 is 19.4 Å². The van der Waals surface area contributed by atoms with E-state index in [1.807, 2.05) is 0 Å². The molecule has 0 aromatic carbocycles. The van der Waals surface area contributed by atoms with Crippen molar-refractivity contribution in [1.29, 1.82) is 0 Å². The first-order chi connectivity index (χ1) is 8.10. The second-order valence-electron chi connectivity index (χ2n) is 4.20. The van der Waals surface area contributed by atoms with E-state index < -0.39 is 17.9 Å². The van der Waals surface area contributed by atoms with Crippen LogP contribution in [0.1, 0.15) is 19.8 Å². The molecule has 2 unspecified atom stereocenters. The first kappa shape index (κ1) is 13.9. The Morgan fingerprint density at radius 3 is 2.88 bits per heavy atom. The number of hydrogen-bond donors (Lipinski definition) is 2. The lowest BCUT2D eigenvalue weighted by Crippen LogP contribution is -2.52. The topological polar surface area (TPSA) is 92.9 Å². The number of nitrogens with zero attached hydrogens (tertiary/aromatic N) is 1. The van der Waals surface area contributed by atoms with Crippen LogP contribution in [0.25, 0.3) is 0 Å². The molecule has 0 aromatic rings. The number of aliphatic hydroxyl groups excluding tert-OH is 1. The maximum atomic E-state index is 11.9. The number of ether oxygens (including phenoxy) is 1. The molecule has 2 atom stereocenters. The van der Waals surface area contributed by atoms with Gasteiger partial charge in [0.25, 0.3) is 5.91 Å². The smallest absolute Gasteiger partial charge is 0.332 e. The van der Waals surface area contributed by atoms with Crippen LogP contribution < -0.4 is 5.73 Å². The summed E-state index contributed by atoms with van der Waals surface area (Å²) in [6, 6.07) is -1.24. The number of carbonyl (C=O) groups excluding carboxylic acids is 2. The molecular weight excluding hydrogens is 224 g/mol. The molecule has 0 aromatic heterocycles. The molecule has 0 saturated carbocycles. The number of aliphatic hydroxyl groups is 1. The Morgan fingerprint density at radius 2 is 2.29 bits per heavy atom. The van der Waals surface area contributed by atoms with Gasteiger partial charge in [-0.3, -0.25) is 4.79 Å². The minimum Gasteiger partial charge on any atom is -0.464 e. The number of piperidine rings is 1. The van der Waals surface area contributed by atoms with Crippen molar-refractivity contribution in [3.05, 3.63) is 0 Å². The van der Waals surface area contributed by atoms with Crippen LogP contribution in [-0.2, 0) is 14.3 Å². The third kappa shape index (κ3) is 3.67. The summed E-state index contributed by atoms with van der Waals surface area (Å²) >= 11 is 0. The van der Waals surface area contributed by atoms with Crippen LogP contribution in [0.5, 0.6) is 0 Å². The molecule has 1 heterocycles. The fourth-order valence-corrected chi connectivity index (χ4v) is 1.94. The third-order valence-corrected chi connectivity index (χ3v) is 2.90. The third-order valence-electron chi connectivity index (χ3n) is 2.90. The summed E-state index contributed by atoms with van der Waals surface area (Å²) in [4.78, 5) is 24.8. The predicted molar refractivity (Wildman–Crippen MR) is 61.0 cm³/mol. The predicted octanol–water partition coefficient (Wildman–Crippen LogP) is -0.892.